The van der Waals surface area contributed by atoms with Gasteiger partial charge in [0.25, 0.3) is 0 Å². The Kier molecular flexibility index (Phi) is 5.29. The van der Waals surface area contributed by atoms with E-state index in [1.54, 1.807) is 6.08 Å². The molecule has 0 fully saturated rings. The second kappa shape index (κ2) is 7.41. The number of aliphatic hydroxyl groups excluding tert-OH is 1. The lowest BCUT2D eigenvalue weighted by Crippen LogP contribution is -2.10. The number of rotatable bonds is 5. The lowest BCUT2D eigenvalue weighted by atomic mass is 10.1. The number of carbonyl (C=O) groups is 1. The summed E-state index contributed by atoms with van der Waals surface area (Å²) < 4.78 is 5.03. The summed E-state index contributed by atoms with van der Waals surface area (Å²) in [7, 11) is 0. The van der Waals surface area contributed by atoms with Crippen LogP contribution in [0.3, 0.4) is 0 Å². The van der Waals surface area contributed by atoms with E-state index in [1.165, 1.54) is 6.08 Å². The SMILES string of the molecule is Cc1ccc([C@H](O)COC(=O)/C=C/c2ccccc2)cc1. The molecule has 3 heteroatoms. The van der Waals surface area contributed by atoms with Gasteiger partial charge in [0.05, 0.1) is 0 Å². The van der Waals surface area contributed by atoms with Gasteiger partial charge in [-0.25, -0.2) is 4.79 Å². The molecule has 3 nitrogen and oxygen atoms in total. The van der Waals surface area contributed by atoms with Gasteiger partial charge in [-0.05, 0) is 24.1 Å². The van der Waals surface area contributed by atoms with E-state index < -0.39 is 12.1 Å². The highest BCUT2D eigenvalue weighted by atomic mass is 16.5. The number of benzene rings is 2. The number of ether oxygens (including phenoxy) is 1. The number of hydrogen-bond donors (Lipinski definition) is 1. The van der Waals surface area contributed by atoms with Gasteiger partial charge in [-0.15, -0.1) is 0 Å². The van der Waals surface area contributed by atoms with Crippen LogP contribution in [0.1, 0.15) is 22.8 Å². The zero-order valence-electron chi connectivity index (χ0n) is 11.9. The van der Waals surface area contributed by atoms with Crippen molar-refractivity contribution in [2.24, 2.45) is 0 Å². The van der Waals surface area contributed by atoms with E-state index in [0.717, 1.165) is 16.7 Å². The zero-order chi connectivity index (χ0) is 15.1. The highest BCUT2D eigenvalue weighted by Crippen LogP contribution is 2.14. The van der Waals surface area contributed by atoms with E-state index in [0.29, 0.717) is 0 Å². The molecule has 0 aliphatic heterocycles. The highest BCUT2D eigenvalue weighted by Gasteiger charge is 2.09. The van der Waals surface area contributed by atoms with Crippen LogP contribution in [0.5, 0.6) is 0 Å². The molecule has 0 heterocycles. The summed E-state index contributed by atoms with van der Waals surface area (Å²) in [5, 5.41) is 9.94. The normalized spacial score (nSPS) is 12.3. The zero-order valence-corrected chi connectivity index (χ0v) is 11.9. The highest BCUT2D eigenvalue weighted by molar-refractivity contribution is 5.87. The summed E-state index contributed by atoms with van der Waals surface area (Å²) >= 11 is 0. The van der Waals surface area contributed by atoms with Crippen molar-refractivity contribution in [3.8, 4) is 0 Å². The van der Waals surface area contributed by atoms with Crippen LogP contribution in [0.25, 0.3) is 6.08 Å². The third-order valence-electron chi connectivity index (χ3n) is 3.06. The molecule has 2 rings (SSSR count). The Morgan fingerprint density at radius 2 is 1.81 bits per heavy atom. The van der Waals surface area contributed by atoms with Crippen LogP contribution < -0.4 is 0 Å². The van der Waals surface area contributed by atoms with Gasteiger partial charge >= 0.3 is 5.97 Å². The van der Waals surface area contributed by atoms with Crippen molar-refractivity contribution in [2.75, 3.05) is 6.61 Å². The van der Waals surface area contributed by atoms with Crippen LogP contribution in [-0.4, -0.2) is 17.7 Å². The van der Waals surface area contributed by atoms with Crippen molar-refractivity contribution < 1.29 is 14.6 Å². The minimum absolute atomic E-state index is 0.0545. The lowest BCUT2D eigenvalue weighted by Gasteiger charge is -2.10. The molecule has 0 spiro atoms. The van der Waals surface area contributed by atoms with Crippen LogP contribution in [0.15, 0.2) is 60.7 Å². The Morgan fingerprint density at radius 3 is 2.48 bits per heavy atom. The Bertz CT molecular complexity index is 600. The number of aliphatic hydroxyl groups is 1. The first-order valence-corrected chi connectivity index (χ1v) is 6.79. The molecule has 0 radical (unpaired) electrons. The van der Waals surface area contributed by atoms with Crippen molar-refractivity contribution in [2.45, 2.75) is 13.0 Å². The molecule has 0 saturated heterocycles. The fourth-order valence-electron chi connectivity index (χ4n) is 1.82. The third-order valence-corrected chi connectivity index (χ3v) is 3.06. The third kappa shape index (κ3) is 4.89. The first kappa shape index (κ1) is 15.0. The molecule has 0 unspecified atom stereocenters. The van der Waals surface area contributed by atoms with Gasteiger partial charge in [0, 0.05) is 6.08 Å². The minimum Gasteiger partial charge on any atom is -0.459 e. The maximum absolute atomic E-state index is 11.6. The summed E-state index contributed by atoms with van der Waals surface area (Å²) in [5.74, 6) is -0.468. The Labute approximate surface area is 124 Å². The molecule has 0 aromatic heterocycles. The van der Waals surface area contributed by atoms with Crippen molar-refractivity contribution in [3.63, 3.8) is 0 Å². The molecular formula is C18H18O3. The molecule has 0 aliphatic rings. The quantitative estimate of drug-likeness (QED) is 0.676. The molecule has 21 heavy (non-hydrogen) atoms. The molecule has 0 aliphatic carbocycles. The van der Waals surface area contributed by atoms with E-state index in [9.17, 15) is 9.90 Å². The van der Waals surface area contributed by atoms with Gasteiger partial charge in [0.15, 0.2) is 0 Å². The maximum atomic E-state index is 11.6. The molecule has 1 N–H and O–H groups in total. The number of carbonyl (C=O) groups excluding carboxylic acids is 1. The van der Waals surface area contributed by atoms with Crippen LogP contribution in [-0.2, 0) is 9.53 Å². The fourth-order valence-corrected chi connectivity index (χ4v) is 1.82. The van der Waals surface area contributed by atoms with Gasteiger partial charge < -0.3 is 9.84 Å². The van der Waals surface area contributed by atoms with E-state index in [-0.39, 0.29) is 6.61 Å². The van der Waals surface area contributed by atoms with E-state index in [1.807, 2.05) is 61.5 Å². The van der Waals surface area contributed by atoms with Crippen LogP contribution in [0, 0.1) is 6.92 Å². The van der Waals surface area contributed by atoms with Gasteiger partial charge in [0.2, 0.25) is 0 Å². The van der Waals surface area contributed by atoms with Crippen molar-refractivity contribution >= 4 is 12.0 Å². The van der Waals surface area contributed by atoms with Crippen LogP contribution >= 0.6 is 0 Å². The fraction of sp³-hybridized carbons (Fsp3) is 0.167. The predicted octanol–water partition coefficient (Wildman–Crippen LogP) is 3.29. The van der Waals surface area contributed by atoms with Crippen molar-refractivity contribution in [1.82, 2.24) is 0 Å². The van der Waals surface area contributed by atoms with Gasteiger partial charge in [-0.1, -0.05) is 60.2 Å². The summed E-state index contributed by atoms with van der Waals surface area (Å²) in [6.07, 6.45) is 2.23. The summed E-state index contributed by atoms with van der Waals surface area (Å²) in [4.78, 5) is 11.6. The summed E-state index contributed by atoms with van der Waals surface area (Å²) in [6, 6.07) is 17.0. The Balaban J connectivity index is 1.83. The average molecular weight is 282 g/mol. The van der Waals surface area contributed by atoms with Crippen molar-refractivity contribution in [3.05, 3.63) is 77.4 Å². The number of aryl methyl sites for hydroxylation is 1. The number of esters is 1. The number of hydrogen-bond acceptors (Lipinski definition) is 3. The summed E-state index contributed by atoms with van der Waals surface area (Å²) in [6.45, 7) is 1.92. The van der Waals surface area contributed by atoms with Crippen LogP contribution in [0.4, 0.5) is 0 Å². The topological polar surface area (TPSA) is 46.5 Å². The largest absolute Gasteiger partial charge is 0.459 e. The molecule has 0 amide bonds. The molecular weight excluding hydrogens is 264 g/mol. The second-order valence-electron chi connectivity index (χ2n) is 4.80. The van der Waals surface area contributed by atoms with E-state index >= 15 is 0 Å². The molecule has 108 valence electrons. The molecule has 0 saturated carbocycles. The molecule has 1 atom stereocenters. The Morgan fingerprint density at radius 1 is 1.14 bits per heavy atom. The Hall–Kier alpha value is -2.39. The molecule has 2 aromatic carbocycles. The second-order valence-corrected chi connectivity index (χ2v) is 4.80. The first-order valence-electron chi connectivity index (χ1n) is 6.79. The average Bonchev–Trinajstić information content (AvgIpc) is 2.52. The smallest absolute Gasteiger partial charge is 0.330 e. The standard InChI is InChI=1S/C18H18O3/c1-14-7-10-16(11-8-14)17(19)13-21-18(20)12-9-15-5-3-2-4-6-15/h2-12,17,19H,13H2,1H3/b12-9+/t17-/m1/s1. The predicted molar refractivity (Wildman–Crippen MR) is 82.6 cm³/mol. The van der Waals surface area contributed by atoms with Gasteiger partial charge in [-0.2, -0.15) is 0 Å². The van der Waals surface area contributed by atoms with E-state index in [2.05, 4.69) is 0 Å². The van der Waals surface area contributed by atoms with E-state index in [4.69, 9.17) is 4.74 Å². The lowest BCUT2D eigenvalue weighted by molar-refractivity contribution is -0.140. The van der Waals surface area contributed by atoms with Crippen LogP contribution in [0.2, 0.25) is 0 Å². The van der Waals surface area contributed by atoms with Crippen molar-refractivity contribution in [1.29, 1.82) is 0 Å². The summed E-state index contributed by atoms with van der Waals surface area (Å²) in [5.41, 5.74) is 2.78. The minimum atomic E-state index is -0.806. The van der Waals surface area contributed by atoms with Gasteiger partial charge in [0.1, 0.15) is 12.7 Å². The molecule has 0 bridgehead atoms. The molecule has 2 aromatic rings. The first-order chi connectivity index (χ1) is 10.1. The monoisotopic (exact) mass is 282 g/mol. The van der Waals surface area contributed by atoms with Gasteiger partial charge in [-0.3, -0.25) is 0 Å². The maximum Gasteiger partial charge on any atom is 0.330 e.